The van der Waals surface area contributed by atoms with Gasteiger partial charge in [-0.3, -0.25) is 0 Å². The van der Waals surface area contributed by atoms with Gasteiger partial charge in [0.05, 0.1) is 12.2 Å². The molecule has 0 bridgehead atoms. The van der Waals surface area contributed by atoms with Crippen LogP contribution in [0.5, 0.6) is 0 Å². The number of carbonyl (C=O) groups is 1. The summed E-state index contributed by atoms with van der Waals surface area (Å²) in [5.74, 6) is 1.13. The Morgan fingerprint density at radius 1 is 1.22 bits per heavy atom. The fourth-order valence-electron chi connectivity index (χ4n) is 2.02. The van der Waals surface area contributed by atoms with Crippen LogP contribution in [0.4, 0.5) is 4.79 Å². The highest BCUT2D eigenvalue weighted by Gasteiger charge is 2.08. The number of benzene rings is 1. The highest BCUT2D eigenvalue weighted by molar-refractivity contribution is 6.35. The lowest BCUT2D eigenvalue weighted by molar-refractivity contribution is 0.238. The molecule has 23 heavy (non-hydrogen) atoms. The van der Waals surface area contributed by atoms with Crippen LogP contribution < -0.4 is 10.6 Å². The van der Waals surface area contributed by atoms with E-state index in [4.69, 9.17) is 27.7 Å². The Kier molecular flexibility index (Phi) is 6.30. The topological polar surface area (TPSA) is 67.2 Å². The van der Waals surface area contributed by atoms with Crippen molar-refractivity contribution in [3.05, 3.63) is 51.3 Å². The second-order valence-electron chi connectivity index (χ2n) is 5.65. The van der Waals surface area contributed by atoms with E-state index in [1.165, 1.54) is 0 Å². The van der Waals surface area contributed by atoms with Crippen molar-refractivity contribution in [1.82, 2.24) is 15.8 Å². The summed E-state index contributed by atoms with van der Waals surface area (Å²) in [6.45, 7) is 4.83. The summed E-state index contributed by atoms with van der Waals surface area (Å²) in [6.07, 6.45) is 0.852. The van der Waals surface area contributed by atoms with Gasteiger partial charge in [0.25, 0.3) is 0 Å². The fraction of sp³-hybridized carbons (Fsp3) is 0.375. The molecule has 0 saturated carbocycles. The minimum atomic E-state index is -0.308. The number of hydrogen-bond acceptors (Lipinski definition) is 3. The number of amides is 2. The first kappa shape index (κ1) is 17.6. The molecule has 0 aliphatic rings. The number of rotatable bonds is 6. The zero-order valence-corrected chi connectivity index (χ0v) is 14.5. The van der Waals surface area contributed by atoms with Crippen molar-refractivity contribution in [3.63, 3.8) is 0 Å². The molecule has 0 unspecified atom stereocenters. The largest absolute Gasteiger partial charge is 0.359 e. The first-order valence-corrected chi connectivity index (χ1v) is 8.09. The molecule has 0 spiro atoms. The van der Waals surface area contributed by atoms with Crippen molar-refractivity contribution >= 4 is 29.2 Å². The summed E-state index contributed by atoms with van der Waals surface area (Å²) >= 11 is 11.9. The van der Waals surface area contributed by atoms with Gasteiger partial charge in [-0.05, 0) is 30.0 Å². The lowest BCUT2D eigenvalue weighted by Crippen LogP contribution is -2.34. The highest BCUT2D eigenvalue weighted by atomic mass is 35.5. The van der Waals surface area contributed by atoms with E-state index >= 15 is 0 Å². The smallest absolute Gasteiger partial charge is 0.315 e. The molecule has 1 heterocycles. The molecule has 7 heteroatoms. The van der Waals surface area contributed by atoms with Crippen molar-refractivity contribution in [2.75, 3.05) is 0 Å². The summed E-state index contributed by atoms with van der Waals surface area (Å²) in [6, 6.07) is 6.70. The van der Waals surface area contributed by atoms with Gasteiger partial charge in [0.15, 0.2) is 5.76 Å². The van der Waals surface area contributed by atoms with Crippen LogP contribution in [-0.2, 0) is 19.5 Å². The van der Waals surface area contributed by atoms with E-state index in [2.05, 4.69) is 29.6 Å². The second-order valence-corrected chi connectivity index (χ2v) is 6.50. The van der Waals surface area contributed by atoms with Gasteiger partial charge in [-0.25, -0.2) is 4.79 Å². The molecule has 0 fully saturated rings. The van der Waals surface area contributed by atoms with E-state index in [9.17, 15) is 4.79 Å². The zero-order valence-electron chi connectivity index (χ0n) is 13.0. The maximum absolute atomic E-state index is 11.8. The molecule has 2 rings (SSSR count). The molecule has 0 radical (unpaired) electrons. The molecular formula is C16H19Cl2N3O2. The molecule has 0 atom stereocenters. The minimum Gasteiger partial charge on any atom is -0.359 e. The predicted molar refractivity (Wildman–Crippen MR) is 90.6 cm³/mol. The van der Waals surface area contributed by atoms with E-state index in [1.54, 1.807) is 18.2 Å². The molecule has 0 aliphatic heterocycles. The van der Waals surface area contributed by atoms with E-state index in [1.807, 2.05) is 6.07 Å². The normalized spacial score (nSPS) is 10.8. The maximum atomic E-state index is 11.8. The van der Waals surface area contributed by atoms with E-state index in [0.717, 1.165) is 17.7 Å². The number of hydrogen-bond donors (Lipinski definition) is 2. The lowest BCUT2D eigenvalue weighted by atomic mass is 10.1. The Balaban J connectivity index is 1.77. The quantitative estimate of drug-likeness (QED) is 0.816. The van der Waals surface area contributed by atoms with Crippen LogP contribution in [0.2, 0.25) is 10.0 Å². The summed E-state index contributed by atoms with van der Waals surface area (Å²) < 4.78 is 5.18. The van der Waals surface area contributed by atoms with Gasteiger partial charge in [0.2, 0.25) is 0 Å². The maximum Gasteiger partial charge on any atom is 0.315 e. The Morgan fingerprint density at radius 3 is 2.65 bits per heavy atom. The number of aromatic nitrogens is 1. The van der Waals surface area contributed by atoms with Crippen molar-refractivity contribution < 1.29 is 9.32 Å². The van der Waals surface area contributed by atoms with E-state index in [0.29, 0.717) is 28.3 Å². The van der Waals surface area contributed by atoms with Crippen LogP contribution in [0.3, 0.4) is 0 Å². The summed E-state index contributed by atoms with van der Waals surface area (Å²) in [5.41, 5.74) is 1.69. The van der Waals surface area contributed by atoms with Crippen LogP contribution in [0.1, 0.15) is 30.9 Å². The number of urea groups is 1. The summed E-state index contributed by atoms with van der Waals surface area (Å²) in [4.78, 5) is 11.8. The molecule has 1 aromatic carbocycles. The van der Waals surface area contributed by atoms with Crippen molar-refractivity contribution in [2.24, 2.45) is 5.92 Å². The van der Waals surface area contributed by atoms with Gasteiger partial charge in [0.1, 0.15) is 0 Å². The summed E-state index contributed by atoms with van der Waals surface area (Å²) in [7, 11) is 0. The number of nitrogens with zero attached hydrogens (tertiary/aromatic N) is 1. The zero-order chi connectivity index (χ0) is 16.8. The molecule has 0 saturated heterocycles. The van der Waals surface area contributed by atoms with Crippen LogP contribution >= 0.6 is 23.2 Å². The highest BCUT2D eigenvalue weighted by Crippen LogP contribution is 2.20. The van der Waals surface area contributed by atoms with Crippen molar-refractivity contribution in [2.45, 2.75) is 33.4 Å². The van der Waals surface area contributed by atoms with Gasteiger partial charge in [-0.1, -0.05) is 48.3 Å². The Hall–Kier alpha value is -1.72. The van der Waals surface area contributed by atoms with E-state index < -0.39 is 0 Å². The van der Waals surface area contributed by atoms with Gasteiger partial charge in [-0.2, -0.15) is 0 Å². The molecule has 2 amide bonds. The number of halogens is 2. The Bertz CT molecular complexity index is 671. The third kappa shape index (κ3) is 5.77. The molecule has 124 valence electrons. The predicted octanol–water partition coefficient (Wildman–Crippen LogP) is 4.18. The number of carbonyl (C=O) groups excluding carboxylic acids is 1. The first-order valence-electron chi connectivity index (χ1n) is 7.34. The third-order valence-corrected chi connectivity index (χ3v) is 3.69. The van der Waals surface area contributed by atoms with Crippen molar-refractivity contribution in [1.29, 1.82) is 0 Å². The first-order chi connectivity index (χ1) is 10.9. The van der Waals surface area contributed by atoms with Crippen LogP contribution in [0, 0.1) is 5.92 Å². The molecule has 2 N–H and O–H groups in total. The van der Waals surface area contributed by atoms with Gasteiger partial charge >= 0.3 is 6.03 Å². The minimum absolute atomic E-state index is 0.283. The standard InChI is InChI=1S/C16H19Cl2N3O2/c1-10(2)5-13-7-14(23-21-13)9-20-16(22)19-8-11-3-4-12(17)6-15(11)18/h3-4,6-7,10H,5,8-9H2,1-2H3,(H2,19,20,22). The van der Waals surface area contributed by atoms with E-state index in [-0.39, 0.29) is 12.6 Å². The second kappa shape index (κ2) is 8.22. The molecular weight excluding hydrogens is 337 g/mol. The van der Waals surface area contributed by atoms with Crippen LogP contribution in [0.25, 0.3) is 0 Å². The molecule has 1 aromatic heterocycles. The average molecular weight is 356 g/mol. The SMILES string of the molecule is CC(C)Cc1cc(CNC(=O)NCc2ccc(Cl)cc2Cl)on1. The van der Waals surface area contributed by atoms with Crippen LogP contribution in [0.15, 0.2) is 28.8 Å². The Labute approximate surface area is 145 Å². The van der Waals surface area contributed by atoms with Crippen LogP contribution in [-0.4, -0.2) is 11.2 Å². The third-order valence-electron chi connectivity index (χ3n) is 3.10. The van der Waals surface area contributed by atoms with Gasteiger partial charge in [-0.15, -0.1) is 0 Å². The summed E-state index contributed by atoms with van der Waals surface area (Å²) in [5, 5.41) is 10.5. The van der Waals surface area contributed by atoms with Gasteiger partial charge < -0.3 is 15.2 Å². The fourth-order valence-corrected chi connectivity index (χ4v) is 2.50. The molecule has 5 nitrogen and oxygen atoms in total. The number of nitrogens with one attached hydrogen (secondary N) is 2. The van der Waals surface area contributed by atoms with Gasteiger partial charge in [0, 0.05) is 22.7 Å². The Morgan fingerprint density at radius 2 is 1.96 bits per heavy atom. The lowest BCUT2D eigenvalue weighted by Gasteiger charge is -2.08. The average Bonchev–Trinajstić information content (AvgIpc) is 2.91. The van der Waals surface area contributed by atoms with Crippen molar-refractivity contribution in [3.8, 4) is 0 Å². The monoisotopic (exact) mass is 355 g/mol. The molecule has 2 aromatic rings. The molecule has 0 aliphatic carbocycles.